The number of nitrogens with one attached hydrogen (secondary N) is 1. The van der Waals surface area contributed by atoms with Gasteiger partial charge in [0.1, 0.15) is 0 Å². The summed E-state index contributed by atoms with van der Waals surface area (Å²) in [7, 11) is 0. The first-order valence-electron chi connectivity index (χ1n) is 9.80. The highest BCUT2D eigenvalue weighted by atomic mass is 35.5. The zero-order valence-electron chi connectivity index (χ0n) is 16.3. The molecule has 0 spiro atoms. The highest BCUT2D eigenvalue weighted by molar-refractivity contribution is 6.32. The number of hydrogen-bond acceptors (Lipinski definition) is 2. The molecule has 1 aliphatic rings. The van der Waals surface area contributed by atoms with E-state index >= 15 is 0 Å². The Labute approximate surface area is 180 Å². The Kier molecular flexibility index (Phi) is 5.96. The van der Waals surface area contributed by atoms with Crippen molar-refractivity contribution in [1.82, 2.24) is 4.90 Å². The van der Waals surface area contributed by atoms with Gasteiger partial charge in [-0.25, -0.2) is 0 Å². The standard InChI is InChI=1S/C25H21ClN2O2/c26-23-9-5-4-6-19(23)11-13-24(29)27-22-12-10-18-14-15-28(17-21(18)16-22)25(30)20-7-2-1-3-8-20/h1-13,16H,14-15,17H2,(H,27,29)/b13-11+. The van der Waals surface area contributed by atoms with Gasteiger partial charge in [0.15, 0.2) is 0 Å². The van der Waals surface area contributed by atoms with Gasteiger partial charge in [-0.2, -0.15) is 0 Å². The molecule has 150 valence electrons. The second kappa shape index (κ2) is 8.97. The van der Waals surface area contributed by atoms with Crippen molar-refractivity contribution in [3.05, 3.63) is 106 Å². The minimum atomic E-state index is -0.233. The van der Waals surface area contributed by atoms with Crippen LogP contribution >= 0.6 is 11.6 Å². The Morgan fingerprint density at radius 2 is 1.70 bits per heavy atom. The van der Waals surface area contributed by atoms with Crippen LogP contribution in [0.2, 0.25) is 5.02 Å². The summed E-state index contributed by atoms with van der Waals surface area (Å²) in [5.74, 6) is -0.207. The van der Waals surface area contributed by atoms with Crippen LogP contribution in [0.3, 0.4) is 0 Å². The minimum absolute atomic E-state index is 0.0263. The lowest BCUT2D eigenvalue weighted by Gasteiger charge is -2.29. The van der Waals surface area contributed by atoms with E-state index in [0.29, 0.717) is 29.4 Å². The van der Waals surface area contributed by atoms with E-state index in [4.69, 9.17) is 11.6 Å². The summed E-state index contributed by atoms with van der Waals surface area (Å²) < 4.78 is 0. The van der Waals surface area contributed by atoms with Crippen molar-refractivity contribution in [3.8, 4) is 0 Å². The van der Waals surface area contributed by atoms with Gasteiger partial charge in [-0.3, -0.25) is 9.59 Å². The number of benzene rings is 3. The normalized spacial score (nSPS) is 13.2. The molecule has 0 radical (unpaired) electrons. The highest BCUT2D eigenvalue weighted by Crippen LogP contribution is 2.24. The number of anilines is 1. The average Bonchev–Trinajstić information content (AvgIpc) is 2.78. The zero-order valence-corrected chi connectivity index (χ0v) is 17.1. The van der Waals surface area contributed by atoms with Crippen LogP contribution in [0.4, 0.5) is 5.69 Å². The fraction of sp³-hybridized carbons (Fsp3) is 0.120. The number of rotatable bonds is 4. The van der Waals surface area contributed by atoms with Crippen molar-refractivity contribution in [2.45, 2.75) is 13.0 Å². The quantitative estimate of drug-likeness (QED) is 0.595. The van der Waals surface area contributed by atoms with Crippen molar-refractivity contribution >= 4 is 35.2 Å². The van der Waals surface area contributed by atoms with E-state index in [2.05, 4.69) is 5.32 Å². The SMILES string of the molecule is O=C(/C=C/c1ccccc1Cl)Nc1ccc2c(c1)CN(C(=O)c1ccccc1)CC2. The summed E-state index contributed by atoms with van der Waals surface area (Å²) in [5.41, 5.74) is 4.44. The van der Waals surface area contributed by atoms with Crippen molar-refractivity contribution in [1.29, 1.82) is 0 Å². The number of amides is 2. The molecule has 4 rings (SSSR count). The Morgan fingerprint density at radius 1 is 0.933 bits per heavy atom. The summed E-state index contributed by atoms with van der Waals surface area (Å²) in [4.78, 5) is 26.9. The molecule has 1 aliphatic heterocycles. The van der Waals surface area contributed by atoms with Gasteiger partial charge in [-0.1, -0.05) is 54.1 Å². The fourth-order valence-corrected chi connectivity index (χ4v) is 3.73. The molecular weight excluding hydrogens is 396 g/mol. The summed E-state index contributed by atoms with van der Waals surface area (Å²) in [5, 5.41) is 3.48. The first kappa shape index (κ1) is 19.9. The summed E-state index contributed by atoms with van der Waals surface area (Å²) in [6, 6.07) is 22.5. The third-order valence-electron chi connectivity index (χ3n) is 5.11. The molecule has 0 saturated carbocycles. The van der Waals surface area contributed by atoms with Crippen LogP contribution in [0.25, 0.3) is 6.08 Å². The van der Waals surface area contributed by atoms with E-state index in [9.17, 15) is 9.59 Å². The largest absolute Gasteiger partial charge is 0.334 e. The van der Waals surface area contributed by atoms with Gasteiger partial charge in [0.25, 0.3) is 5.91 Å². The molecule has 2 amide bonds. The van der Waals surface area contributed by atoms with Gasteiger partial charge < -0.3 is 10.2 Å². The molecule has 1 N–H and O–H groups in total. The lowest BCUT2D eigenvalue weighted by molar-refractivity contribution is -0.111. The van der Waals surface area contributed by atoms with E-state index in [1.807, 2.05) is 71.6 Å². The molecule has 3 aromatic carbocycles. The van der Waals surface area contributed by atoms with Gasteiger partial charge >= 0.3 is 0 Å². The molecule has 0 saturated heterocycles. The lowest BCUT2D eigenvalue weighted by atomic mass is 9.98. The van der Waals surface area contributed by atoms with Crippen LogP contribution in [-0.2, 0) is 17.8 Å². The number of fused-ring (bicyclic) bond motifs is 1. The Morgan fingerprint density at radius 3 is 2.50 bits per heavy atom. The molecular formula is C25H21ClN2O2. The summed E-state index contributed by atoms with van der Waals surface area (Å²) in [6.07, 6.45) is 3.96. The fourth-order valence-electron chi connectivity index (χ4n) is 3.53. The number of carbonyl (C=O) groups excluding carboxylic acids is 2. The van der Waals surface area contributed by atoms with Gasteiger partial charge in [-0.05, 0) is 59.5 Å². The maximum Gasteiger partial charge on any atom is 0.254 e. The van der Waals surface area contributed by atoms with E-state index in [1.165, 1.54) is 11.6 Å². The molecule has 0 aromatic heterocycles. The van der Waals surface area contributed by atoms with Gasteiger partial charge in [-0.15, -0.1) is 0 Å². The maximum atomic E-state index is 12.8. The maximum absolute atomic E-state index is 12.8. The predicted molar refractivity (Wildman–Crippen MR) is 120 cm³/mol. The van der Waals surface area contributed by atoms with Gasteiger partial charge in [0.05, 0.1) is 0 Å². The molecule has 1 heterocycles. The van der Waals surface area contributed by atoms with Crippen molar-refractivity contribution in [2.24, 2.45) is 0 Å². The molecule has 4 nitrogen and oxygen atoms in total. The summed E-state index contributed by atoms with van der Waals surface area (Å²) >= 11 is 6.12. The van der Waals surface area contributed by atoms with Gasteiger partial charge in [0.2, 0.25) is 5.91 Å². The minimum Gasteiger partial charge on any atom is -0.334 e. The smallest absolute Gasteiger partial charge is 0.254 e. The molecule has 3 aromatic rings. The molecule has 30 heavy (non-hydrogen) atoms. The first-order chi connectivity index (χ1) is 14.6. The topological polar surface area (TPSA) is 49.4 Å². The second-order valence-corrected chi connectivity index (χ2v) is 7.58. The lowest BCUT2D eigenvalue weighted by Crippen LogP contribution is -2.36. The number of halogens is 1. The monoisotopic (exact) mass is 416 g/mol. The van der Waals surface area contributed by atoms with Crippen LogP contribution in [-0.4, -0.2) is 23.3 Å². The third kappa shape index (κ3) is 4.61. The average molecular weight is 417 g/mol. The molecule has 5 heteroatoms. The van der Waals surface area contributed by atoms with Crippen molar-refractivity contribution < 1.29 is 9.59 Å². The van der Waals surface area contributed by atoms with Crippen molar-refractivity contribution in [3.63, 3.8) is 0 Å². The number of carbonyl (C=O) groups is 2. The predicted octanol–water partition coefficient (Wildman–Crippen LogP) is 5.19. The van der Waals surface area contributed by atoms with E-state index in [1.54, 1.807) is 12.1 Å². The van der Waals surface area contributed by atoms with Crippen LogP contribution in [0.15, 0.2) is 78.9 Å². The molecule has 0 fully saturated rings. The third-order valence-corrected chi connectivity index (χ3v) is 5.46. The molecule has 0 atom stereocenters. The van der Waals surface area contributed by atoms with Crippen LogP contribution in [0, 0.1) is 0 Å². The number of nitrogens with zero attached hydrogens (tertiary/aromatic N) is 1. The van der Waals surface area contributed by atoms with E-state index in [0.717, 1.165) is 17.5 Å². The number of hydrogen-bond donors (Lipinski definition) is 1. The Balaban J connectivity index is 1.44. The zero-order chi connectivity index (χ0) is 20.9. The second-order valence-electron chi connectivity index (χ2n) is 7.17. The molecule has 0 bridgehead atoms. The first-order valence-corrected chi connectivity index (χ1v) is 10.2. The van der Waals surface area contributed by atoms with Crippen molar-refractivity contribution in [2.75, 3.05) is 11.9 Å². The van der Waals surface area contributed by atoms with Crippen LogP contribution < -0.4 is 5.32 Å². The Bertz CT molecular complexity index is 1110. The summed E-state index contributed by atoms with van der Waals surface area (Å²) in [6.45, 7) is 1.22. The highest BCUT2D eigenvalue weighted by Gasteiger charge is 2.22. The van der Waals surface area contributed by atoms with E-state index in [-0.39, 0.29) is 11.8 Å². The van der Waals surface area contributed by atoms with Gasteiger partial charge in [0, 0.05) is 35.4 Å². The Hall–Kier alpha value is -3.37. The molecule has 0 aliphatic carbocycles. The van der Waals surface area contributed by atoms with Crippen LogP contribution in [0.1, 0.15) is 27.0 Å². The van der Waals surface area contributed by atoms with E-state index < -0.39 is 0 Å². The molecule has 0 unspecified atom stereocenters. The van der Waals surface area contributed by atoms with Crippen LogP contribution in [0.5, 0.6) is 0 Å².